The van der Waals surface area contributed by atoms with Crippen molar-refractivity contribution in [1.82, 2.24) is 29.5 Å². The number of H-pyrrole nitrogens is 1. The topological polar surface area (TPSA) is 125 Å². The zero-order chi connectivity index (χ0) is 22.2. The lowest BCUT2D eigenvalue weighted by atomic mass is 10.1. The first-order chi connectivity index (χ1) is 15.6. The molecule has 0 saturated carbocycles. The van der Waals surface area contributed by atoms with E-state index >= 15 is 0 Å². The maximum absolute atomic E-state index is 13.7. The highest BCUT2D eigenvalue weighted by atomic mass is 16.1. The predicted molar refractivity (Wildman–Crippen MR) is 121 cm³/mol. The Morgan fingerprint density at radius 1 is 1.12 bits per heavy atom. The molecule has 1 unspecified atom stereocenters. The number of hydrogen-bond acceptors (Lipinski definition) is 7. The van der Waals surface area contributed by atoms with Crippen LogP contribution in [-0.2, 0) is 0 Å². The van der Waals surface area contributed by atoms with Gasteiger partial charge in [0.2, 0.25) is 0 Å². The van der Waals surface area contributed by atoms with Gasteiger partial charge >= 0.3 is 0 Å². The number of rotatable bonds is 4. The lowest BCUT2D eigenvalue weighted by Crippen LogP contribution is -2.28. The fraction of sp³-hybridized carbons (Fsp3) is 0.130. The Bertz CT molecular complexity index is 1580. The van der Waals surface area contributed by atoms with E-state index < -0.39 is 6.04 Å². The Morgan fingerprint density at radius 3 is 2.81 bits per heavy atom. The van der Waals surface area contributed by atoms with Crippen LogP contribution in [0.2, 0.25) is 0 Å². The summed E-state index contributed by atoms with van der Waals surface area (Å²) in [7, 11) is 0. The summed E-state index contributed by atoms with van der Waals surface area (Å²) in [6.45, 7) is 3.77. The van der Waals surface area contributed by atoms with Gasteiger partial charge in [0.05, 0.1) is 34.5 Å². The van der Waals surface area contributed by atoms with E-state index in [9.17, 15) is 10.1 Å². The molecule has 0 aliphatic carbocycles. The second kappa shape index (κ2) is 7.59. The zero-order valence-electron chi connectivity index (χ0n) is 17.4. The third-order valence-electron chi connectivity index (χ3n) is 5.36. The van der Waals surface area contributed by atoms with Crippen LogP contribution in [0.15, 0.2) is 59.9 Å². The molecule has 0 amide bonds. The van der Waals surface area contributed by atoms with Crippen molar-refractivity contribution < 1.29 is 0 Å². The van der Waals surface area contributed by atoms with Crippen molar-refractivity contribution in [2.24, 2.45) is 0 Å². The van der Waals surface area contributed by atoms with E-state index in [4.69, 9.17) is 4.98 Å². The van der Waals surface area contributed by atoms with Gasteiger partial charge in [-0.3, -0.25) is 9.36 Å². The number of aromatic nitrogens is 6. The number of nitrogens with zero attached hydrogens (tertiary/aromatic N) is 6. The molecule has 0 saturated heterocycles. The van der Waals surface area contributed by atoms with Crippen molar-refractivity contribution in [3.8, 4) is 11.8 Å². The minimum Gasteiger partial charge on any atom is -0.358 e. The van der Waals surface area contributed by atoms with Crippen LogP contribution in [0.25, 0.3) is 27.8 Å². The molecule has 0 radical (unpaired) electrons. The standard InChI is InChI=1S/C23H18N8O/c1-13-6-5-8-16-18(13)23(32)31(17-9-4-3-7-15(17)10-24)22(30-16)14(2)29-21-19-20(26-11-25-19)27-12-28-21/h3-9,11-12,14H,1-2H3,(H2,25,26,27,28,29). The summed E-state index contributed by atoms with van der Waals surface area (Å²) in [5, 5.41) is 13.5. The number of nitrogens with one attached hydrogen (secondary N) is 2. The first-order valence-corrected chi connectivity index (χ1v) is 10.0. The molecule has 1 atom stereocenters. The van der Waals surface area contributed by atoms with E-state index in [2.05, 4.69) is 31.3 Å². The van der Waals surface area contributed by atoms with Crippen LogP contribution in [0, 0.1) is 18.3 Å². The number of imidazole rings is 1. The maximum atomic E-state index is 13.7. The maximum Gasteiger partial charge on any atom is 0.266 e. The third kappa shape index (κ3) is 3.06. The van der Waals surface area contributed by atoms with Crippen molar-refractivity contribution in [2.45, 2.75) is 19.9 Å². The van der Waals surface area contributed by atoms with Gasteiger partial charge < -0.3 is 10.3 Å². The summed E-state index contributed by atoms with van der Waals surface area (Å²) in [6, 6.07) is 14.3. The van der Waals surface area contributed by atoms with Crippen LogP contribution in [0.3, 0.4) is 0 Å². The number of aryl methyl sites for hydroxylation is 1. The number of fused-ring (bicyclic) bond motifs is 2. The van der Waals surface area contributed by atoms with E-state index in [1.807, 2.05) is 32.0 Å². The smallest absolute Gasteiger partial charge is 0.266 e. The first kappa shape index (κ1) is 19.4. The molecule has 5 rings (SSSR count). The van der Waals surface area contributed by atoms with E-state index in [0.717, 1.165) is 5.56 Å². The molecule has 2 N–H and O–H groups in total. The monoisotopic (exact) mass is 422 g/mol. The average molecular weight is 422 g/mol. The molecule has 156 valence electrons. The highest BCUT2D eigenvalue weighted by Crippen LogP contribution is 2.25. The van der Waals surface area contributed by atoms with E-state index in [1.165, 1.54) is 10.9 Å². The van der Waals surface area contributed by atoms with Crippen LogP contribution in [0.5, 0.6) is 0 Å². The summed E-state index contributed by atoms with van der Waals surface area (Å²) in [5.74, 6) is 1.00. The highest BCUT2D eigenvalue weighted by molar-refractivity contribution is 5.83. The van der Waals surface area contributed by atoms with E-state index in [-0.39, 0.29) is 5.56 Å². The summed E-state index contributed by atoms with van der Waals surface area (Å²) < 4.78 is 1.51. The van der Waals surface area contributed by atoms with Crippen molar-refractivity contribution in [3.63, 3.8) is 0 Å². The largest absolute Gasteiger partial charge is 0.358 e. The normalized spacial score (nSPS) is 12.0. The Balaban J connectivity index is 1.75. The minimum absolute atomic E-state index is 0.228. The second-order valence-electron chi connectivity index (χ2n) is 7.40. The molecule has 5 aromatic rings. The van der Waals surface area contributed by atoms with Gasteiger partial charge in [0.25, 0.3) is 5.56 Å². The summed E-state index contributed by atoms with van der Waals surface area (Å²) in [6.07, 6.45) is 2.97. The van der Waals surface area contributed by atoms with Crippen molar-refractivity contribution in [3.05, 3.63) is 82.4 Å². The Hall–Kier alpha value is -4.58. The number of anilines is 1. The Kier molecular flexibility index (Phi) is 4.60. The van der Waals surface area contributed by atoms with Gasteiger partial charge in [0, 0.05) is 0 Å². The molecule has 9 nitrogen and oxygen atoms in total. The third-order valence-corrected chi connectivity index (χ3v) is 5.36. The van der Waals surface area contributed by atoms with Gasteiger partial charge in [0.1, 0.15) is 23.7 Å². The van der Waals surface area contributed by atoms with Crippen LogP contribution >= 0.6 is 0 Å². The molecular formula is C23H18N8O. The summed E-state index contributed by atoms with van der Waals surface area (Å²) in [4.78, 5) is 34.2. The molecule has 0 bridgehead atoms. The van der Waals surface area contributed by atoms with Crippen molar-refractivity contribution in [1.29, 1.82) is 5.26 Å². The van der Waals surface area contributed by atoms with E-state index in [0.29, 0.717) is 45.0 Å². The quantitative estimate of drug-likeness (QED) is 0.455. The molecule has 0 aliphatic rings. The molecule has 3 aromatic heterocycles. The number of nitriles is 1. The van der Waals surface area contributed by atoms with E-state index in [1.54, 1.807) is 30.6 Å². The number of hydrogen-bond donors (Lipinski definition) is 2. The lowest BCUT2D eigenvalue weighted by Gasteiger charge is -2.21. The fourth-order valence-electron chi connectivity index (χ4n) is 3.84. The van der Waals surface area contributed by atoms with Crippen LogP contribution < -0.4 is 10.9 Å². The molecule has 0 aliphatic heterocycles. The second-order valence-corrected chi connectivity index (χ2v) is 7.40. The summed E-state index contributed by atoms with van der Waals surface area (Å²) in [5.41, 5.74) is 3.25. The van der Waals surface area contributed by atoms with Gasteiger partial charge in [-0.25, -0.2) is 19.9 Å². The molecule has 32 heavy (non-hydrogen) atoms. The van der Waals surface area contributed by atoms with Crippen LogP contribution in [0.1, 0.15) is 29.9 Å². The summed E-state index contributed by atoms with van der Waals surface area (Å²) >= 11 is 0. The molecule has 9 heteroatoms. The Morgan fingerprint density at radius 2 is 1.97 bits per heavy atom. The minimum atomic E-state index is -0.430. The highest BCUT2D eigenvalue weighted by Gasteiger charge is 2.21. The fourth-order valence-corrected chi connectivity index (χ4v) is 3.84. The van der Waals surface area contributed by atoms with Gasteiger partial charge in [0.15, 0.2) is 11.5 Å². The van der Waals surface area contributed by atoms with Gasteiger partial charge in [-0.15, -0.1) is 0 Å². The first-order valence-electron chi connectivity index (χ1n) is 10.0. The van der Waals surface area contributed by atoms with Gasteiger partial charge in [-0.2, -0.15) is 5.26 Å². The van der Waals surface area contributed by atoms with Gasteiger partial charge in [-0.05, 0) is 37.6 Å². The molecule has 0 fully saturated rings. The molecule has 0 spiro atoms. The lowest BCUT2D eigenvalue weighted by molar-refractivity contribution is 0.730. The zero-order valence-corrected chi connectivity index (χ0v) is 17.4. The van der Waals surface area contributed by atoms with Crippen LogP contribution in [-0.4, -0.2) is 29.5 Å². The number of para-hydroxylation sites is 1. The number of benzene rings is 2. The predicted octanol–water partition coefficient (Wildman–Crippen LogP) is 3.41. The molecule has 3 heterocycles. The Labute approximate surface area is 182 Å². The van der Waals surface area contributed by atoms with Crippen molar-refractivity contribution in [2.75, 3.05) is 5.32 Å². The SMILES string of the molecule is Cc1cccc2nc(C(C)Nc3ncnc4nc[nH]c34)n(-c3ccccc3C#N)c(=O)c12. The average Bonchev–Trinajstić information content (AvgIpc) is 3.29. The van der Waals surface area contributed by atoms with Crippen LogP contribution in [0.4, 0.5) is 5.82 Å². The number of aromatic amines is 1. The van der Waals surface area contributed by atoms with Crippen molar-refractivity contribution >= 4 is 27.9 Å². The molecule has 2 aromatic carbocycles. The van der Waals surface area contributed by atoms with Gasteiger partial charge in [-0.1, -0.05) is 24.3 Å². The molecular weight excluding hydrogens is 404 g/mol.